The highest BCUT2D eigenvalue weighted by Crippen LogP contribution is 2.47. The molecule has 1 saturated heterocycles. The van der Waals surface area contributed by atoms with Crippen molar-refractivity contribution in [3.8, 4) is 6.07 Å². The second-order valence-electron chi connectivity index (χ2n) is 12.7. The lowest BCUT2D eigenvalue weighted by Crippen LogP contribution is -2.60. The van der Waals surface area contributed by atoms with E-state index in [0.29, 0.717) is 11.3 Å². The number of hydrogen-bond acceptors (Lipinski definition) is 6. The molecule has 4 rings (SSSR count). The molecule has 1 aliphatic carbocycles. The Labute approximate surface area is 238 Å². The van der Waals surface area contributed by atoms with Crippen molar-refractivity contribution in [2.75, 3.05) is 11.9 Å². The zero-order valence-corrected chi connectivity index (χ0v) is 23.9. The van der Waals surface area contributed by atoms with Crippen LogP contribution < -0.4 is 16.0 Å². The van der Waals surface area contributed by atoms with Gasteiger partial charge in [-0.1, -0.05) is 32.0 Å². The molecule has 10 nitrogen and oxygen atoms in total. The molecule has 1 aromatic carbocycles. The number of hydrogen-bond donors (Lipinski definition) is 3. The van der Waals surface area contributed by atoms with Gasteiger partial charge in [0.25, 0.3) is 0 Å². The van der Waals surface area contributed by atoms with Crippen LogP contribution in [0.3, 0.4) is 0 Å². The van der Waals surface area contributed by atoms with Crippen LogP contribution in [0.25, 0.3) is 0 Å². The van der Waals surface area contributed by atoms with E-state index < -0.39 is 71.7 Å². The summed E-state index contributed by atoms with van der Waals surface area (Å²) in [6, 6.07) is 5.87. The van der Waals surface area contributed by atoms with Crippen LogP contribution in [0.15, 0.2) is 24.3 Å². The number of benzene rings is 1. The molecule has 1 aromatic rings. The number of carbonyl (C=O) groups excluding carboxylic acids is 4. The summed E-state index contributed by atoms with van der Waals surface area (Å²) in [6.45, 7) is 8.55. The molecule has 3 N–H and O–H groups in total. The van der Waals surface area contributed by atoms with E-state index in [9.17, 15) is 33.2 Å². The maximum atomic E-state index is 13.9. The van der Waals surface area contributed by atoms with E-state index in [2.05, 4.69) is 22.0 Å². The molecule has 1 spiro atoms. The van der Waals surface area contributed by atoms with Gasteiger partial charge in [-0.2, -0.15) is 5.26 Å². The molecule has 2 heterocycles. The molecule has 222 valence electrons. The maximum absolute atomic E-state index is 13.9. The van der Waals surface area contributed by atoms with Gasteiger partial charge in [0.2, 0.25) is 23.6 Å². The number of nitrogens with zero attached hydrogens (tertiary/aromatic N) is 2. The average Bonchev–Trinajstić information content (AvgIpc) is 3.37. The molecule has 3 aliphatic rings. The number of fused-ring (bicyclic) bond motifs is 2. The summed E-state index contributed by atoms with van der Waals surface area (Å²) in [5, 5.41) is 17.9. The first-order valence-corrected chi connectivity index (χ1v) is 13.8. The number of likely N-dealkylation sites (tertiary alicyclic amines) is 1. The van der Waals surface area contributed by atoms with Gasteiger partial charge in [0, 0.05) is 31.5 Å². The molecule has 12 heteroatoms. The minimum Gasteiger partial charge on any atom is -0.444 e. The second-order valence-corrected chi connectivity index (χ2v) is 12.7. The van der Waals surface area contributed by atoms with Crippen LogP contribution in [0.2, 0.25) is 0 Å². The van der Waals surface area contributed by atoms with Crippen LogP contribution in [0.5, 0.6) is 0 Å². The van der Waals surface area contributed by atoms with E-state index in [-0.39, 0.29) is 31.2 Å². The predicted molar refractivity (Wildman–Crippen MR) is 145 cm³/mol. The van der Waals surface area contributed by atoms with E-state index in [1.54, 1.807) is 45.0 Å². The lowest BCUT2D eigenvalue weighted by atomic mass is 9.76. The fraction of sp³-hybridized carbons (Fsp3) is 0.621. The molecule has 41 heavy (non-hydrogen) atoms. The highest BCUT2D eigenvalue weighted by Gasteiger charge is 2.57. The molecule has 4 atom stereocenters. The zero-order chi connectivity index (χ0) is 30.3. The maximum Gasteiger partial charge on any atom is 0.408 e. The van der Waals surface area contributed by atoms with Crippen LogP contribution in [0, 0.1) is 23.2 Å². The Morgan fingerprint density at radius 1 is 1.17 bits per heavy atom. The number of alkyl carbamates (subject to hydrolysis) is 1. The molecule has 1 saturated carbocycles. The Hall–Kier alpha value is -3.75. The number of rotatable bonds is 7. The lowest BCUT2D eigenvalue weighted by Gasteiger charge is -2.40. The summed E-state index contributed by atoms with van der Waals surface area (Å²) in [6.07, 6.45) is -1.83. The van der Waals surface area contributed by atoms with Crippen molar-refractivity contribution >= 4 is 29.5 Å². The first kappa shape index (κ1) is 30.2. The van der Waals surface area contributed by atoms with E-state index in [1.807, 2.05) is 13.8 Å². The summed E-state index contributed by atoms with van der Waals surface area (Å²) in [4.78, 5) is 54.4. The second kappa shape index (κ2) is 10.9. The molecule has 0 aromatic heterocycles. The summed E-state index contributed by atoms with van der Waals surface area (Å²) >= 11 is 0. The molecular formula is C29H37F2N5O5. The third kappa shape index (κ3) is 6.29. The molecular weight excluding hydrogens is 536 g/mol. The number of halogens is 2. The first-order chi connectivity index (χ1) is 19.0. The fourth-order valence-corrected chi connectivity index (χ4v) is 5.92. The molecule has 0 bridgehead atoms. The van der Waals surface area contributed by atoms with Gasteiger partial charge in [-0.3, -0.25) is 14.4 Å². The van der Waals surface area contributed by atoms with Gasteiger partial charge in [0.1, 0.15) is 23.7 Å². The lowest BCUT2D eigenvalue weighted by molar-refractivity contribution is -0.144. The Bertz CT molecular complexity index is 1260. The summed E-state index contributed by atoms with van der Waals surface area (Å²) in [5.74, 6) is -5.51. The van der Waals surface area contributed by atoms with Crippen molar-refractivity contribution in [2.45, 2.75) is 95.4 Å². The number of ether oxygens (including phenoxy) is 1. The quantitative estimate of drug-likeness (QED) is 0.456. The predicted octanol–water partition coefficient (Wildman–Crippen LogP) is 3.47. The fourth-order valence-electron chi connectivity index (χ4n) is 5.92. The Kier molecular flexibility index (Phi) is 8.04. The van der Waals surface area contributed by atoms with Gasteiger partial charge >= 0.3 is 6.09 Å². The first-order valence-electron chi connectivity index (χ1n) is 13.8. The van der Waals surface area contributed by atoms with Gasteiger partial charge in [-0.15, -0.1) is 0 Å². The van der Waals surface area contributed by atoms with Crippen LogP contribution in [-0.4, -0.2) is 64.9 Å². The standard InChI is InChI=1S/C29H37F2N5O5/c1-16(2)10-21(33-23(37)22(17-11-29(30,31)12-17)35-26(40)41-27(3,4)5)24(38)36-15-28(13-18(36)14-32)19-8-6-7-9-20(19)34-25(28)39/h6-9,16-18,21-22H,10-13,15H2,1-5H3,(H,33,37)(H,34,39)(H,35,40)/t18-,21-,22-,28-/m0/s1. The SMILES string of the molecule is CC(C)C[C@H](NC(=O)[C@@H](NC(=O)OC(C)(C)C)C1CC(F)(F)C1)C(=O)N1C[C@]2(C[C@H]1C#N)C(=O)Nc1ccccc12. The van der Waals surface area contributed by atoms with Gasteiger partial charge in [0.15, 0.2) is 0 Å². The molecule has 0 unspecified atom stereocenters. The smallest absolute Gasteiger partial charge is 0.408 e. The highest BCUT2D eigenvalue weighted by molar-refractivity contribution is 6.07. The molecule has 2 fully saturated rings. The number of para-hydroxylation sites is 1. The number of alkyl halides is 2. The number of nitriles is 1. The third-order valence-corrected chi connectivity index (χ3v) is 7.79. The van der Waals surface area contributed by atoms with Crippen LogP contribution in [0.4, 0.5) is 19.3 Å². The van der Waals surface area contributed by atoms with E-state index >= 15 is 0 Å². The van der Waals surface area contributed by atoms with Crippen molar-refractivity contribution in [1.29, 1.82) is 5.26 Å². The number of amides is 4. The Morgan fingerprint density at radius 2 is 1.83 bits per heavy atom. The van der Waals surface area contributed by atoms with E-state index in [0.717, 1.165) is 0 Å². The largest absolute Gasteiger partial charge is 0.444 e. The number of anilines is 1. The average molecular weight is 574 g/mol. The van der Waals surface area contributed by atoms with Gasteiger partial charge in [-0.05, 0) is 50.7 Å². The Morgan fingerprint density at radius 3 is 2.41 bits per heavy atom. The number of carbonyl (C=O) groups is 4. The van der Waals surface area contributed by atoms with Gasteiger partial charge < -0.3 is 25.6 Å². The minimum absolute atomic E-state index is 0.0498. The highest BCUT2D eigenvalue weighted by atomic mass is 19.3. The molecule has 0 radical (unpaired) electrons. The van der Waals surface area contributed by atoms with Gasteiger partial charge in [-0.25, -0.2) is 13.6 Å². The summed E-state index contributed by atoms with van der Waals surface area (Å²) < 4.78 is 32.7. The van der Waals surface area contributed by atoms with Crippen LogP contribution in [-0.2, 0) is 24.5 Å². The summed E-state index contributed by atoms with van der Waals surface area (Å²) in [5.41, 5.74) is -0.646. The number of nitrogens with one attached hydrogen (secondary N) is 3. The van der Waals surface area contributed by atoms with Crippen molar-refractivity contribution < 1.29 is 32.7 Å². The van der Waals surface area contributed by atoms with E-state index in [1.165, 1.54) is 4.90 Å². The third-order valence-electron chi connectivity index (χ3n) is 7.79. The van der Waals surface area contributed by atoms with Gasteiger partial charge in [0.05, 0.1) is 11.5 Å². The Balaban J connectivity index is 1.56. The monoisotopic (exact) mass is 573 g/mol. The zero-order valence-electron chi connectivity index (χ0n) is 23.9. The van der Waals surface area contributed by atoms with Crippen molar-refractivity contribution in [3.05, 3.63) is 29.8 Å². The van der Waals surface area contributed by atoms with Crippen LogP contribution in [0.1, 0.15) is 65.9 Å². The summed E-state index contributed by atoms with van der Waals surface area (Å²) in [7, 11) is 0. The topological polar surface area (TPSA) is 141 Å². The molecule has 4 amide bonds. The van der Waals surface area contributed by atoms with Crippen molar-refractivity contribution in [1.82, 2.24) is 15.5 Å². The van der Waals surface area contributed by atoms with Crippen molar-refractivity contribution in [2.24, 2.45) is 11.8 Å². The van der Waals surface area contributed by atoms with Crippen molar-refractivity contribution in [3.63, 3.8) is 0 Å². The van der Waals surface area contributed by atoms with Crippen LogP contribution >= 0.6 is 0 Å². The molecule has 2 aliphatic heterocycles. The normalized spacial score (nSPS) is 24.6. The minimum atomic E-state index is -2.95. The van der Waals surface area contributed by atoms with E-state index in [4.69, 9.17) is 4.74 Å².